The van der Waals surface area contributed by atoms with Gasteiger partial charge in [0, 0.05) is 29.5 Å². The third-order valence-electron chi connectivity index (χ3n) is 5.66. The highest BCUT2D eigenvalue weighted by Crippen LogP contribution is 2.31. The molecule has 1 aromatic heterocycles. The van der Waals surface area contributed by atoms with Gasteiger partial charge in [0.2, 0.25) is 11.8 Å². The van der Waals surface area contributed by atoms with E-state index in [-0.39, 0.29) is 18.2 Å². The number of hydrogen-bond donors (Lipinski definition) is 1. The highest BCUT2D eigenvalue weighted by atomic mass is 16.2. The van der Waals surface area contributed by atoms with Crippen LogP contribution in [-0.2, 0) is 16.1 Å². The number of aryl methyl sites for hydroxylation is 1. The van der Waals surface area contributed by atoms with Gasteiger partial charge in [-0.25, -0.2) is 4.98 Å². The number of amides is 3. The molecule has 6 heteroatoms. The van der Waals surface area contributed by atoms with E-state index in [1.165, 1.54) is 5.56 Å². The Morgan fingerprint density at radius 3 is 2.72 bits per heavy atom. The minimum absolute atomic E-state index is 0.164. The number of nitrogens with one attached hydrogen (secondary N) is 1. The van der Waals surface area contributed by atoms with Gasteiger partial charge in [-0.05, 0) is 49.2 Å². The Hall–Kier alpha value is -3.54. The number of pyridine rings is 1. The number of nitrogens with zero attached hydrogens (tertiary/aromatic N) is 2. The van der Waals surface area contributed by atoms with E-state index in [9.17, 15) is 14.4 Å². The van der Waals surface area contributed by atoms with Gasteiger partial charge in [0.15, 0.2) is 0 Å². The maximum absolute atomic E-state index is 12.8. The molecule has 29 heavy (non-hydrogen) atoms. The molecule has 2 aliphatic rings. The summed E-state index contributed by atoms with van der Waals surface area (Å²) in [6, 6.07) is 15.3. The zero-order valence-corrected chi connectivity index (χ0v) is 15.9. The molecule has 0 saturated carbocycles. The van der Waals surface area contributed by atoms with Crippen molar-refractivity contribution in [2.75, 3.05) is 0 Å². The summed E-state index contributed by atoms with van der Waals surface area (Å²) >= 11 is 0. The van der Waals surface area contributed by atoms with Gasteiger partial charge in [-0.15, -0.1) is 0 Å². The SMILES string of the molecule is Cc1ccc2nc(-c3ccc4c(c3)CN(C3CCC(=O)NC3=O)C4=O)ccc2c1. The standard InChI is InChI=1S/C23H19N3O3/c1-13-2-6-18-14(10-13)4-7-19(24-18)15-3-5-17-16(11-15)12-26(23(17)29)20-8-9-21(27)25-22(20)28/h2-7,10-11,20H,8-9,12H2,1H3,(H,25,27,28). The van der Waals surface area contributed by atoms with Gasteiger partial charge in [0.05, 0.1) is 11.2 Å². The number of carbonyl (C=O) groups excluding carboxylic acids is 3. The van der Waals surface area contributed by atoms with Crippen LogP contribution < -0.4 is 5.32 Å². The average Bonchev–Trinajstić information content (AvgIpc) is 3.03. The van der Waals surface area contributed by atoms with Crippen molar-refractivity contribution in [2.24, 2.45) is 0 Å². The van der Waals surface area contributed by atoms with Crippen molar-refractivity contribution in [3.05, 3.63) is 65.2 Å². The van der Waals surface area contributed by atoms with E-state index in [4.69, 9.17) is 4.98 Å². The van der Waals surface area contributed by atoms with Crippen molar-refractivity contribution < 1.29 is 14.4 Å². The third kappa shape index (κ3) is 2.97. The van der Waals surface area contributed by atoms with E-state index in [0.717, 1.165) is 27.7 Å². The number of fused-ring (bicyclic) bond motifs is 2. The normalized spacial score (nSPS) is 18.9. The highest BCUT2D eigenvalue weighted by Gasteiger charge is 2.39. The second-order valence-corrected chi connectivity index (χ2v) is 7.66. The second-order valence-electron chi connectivity index (χ2n) is 7.66. The van der Waals surface area contributed by atoms with Crippen LogP contribution in [0.15, 0.2) is 48.5 Å². The van der Waals surface area contributed by atoms with Crippen LogP contribution in [0, 0.1) is 6.92 Å². The van der Waals surface area contributed by atoms with Crippen LogP contribution in [0.2, 0.25) is 0 Å². The maximum Gasteiger partial charge on any atom is 0.255 e. The number of hydrogen-bond acceptors (Lipinski definition) is 4. The fourth-order valence-electron chi connectivity index (χ4n) is 4.14. The monoisotopic (exact) mass is 385 g/mol. The predicted molar refractivity (Wildman–Crippen MR) is 108 cm³/mol. The smallest absolute Gasteiger partial charge is 0.255 e. The summed E-state index contributed by atoms with van der Waals surface area (Å²) in [6.45, 7) is 2.42. The molecule has 6 nitrogen and oxygen atoms in total. The molecule has 3 heterocycles. The van der Waals surface area contributed by atoms with E-state index >= 15 is 0 Å². The van der Waals surface area contributed by atoms with Crippen LogP contribution in [0.5, 0.6) is 0 Å². The second kappa shape index (κ2) is 6.51. The summed E-state index contributed by atoms with van der Waals surface area (Å²) in [5.41, 5.74) is 5.38. The van der Waals surface area contributed by atoms with Crippen molar-refractivity contribution in [2.45, 2.75) is 32.4 Å². The first kappa shape index (κ1) is 17.6. The fraction of sp³-hybridized carbons (Fsp3) is 0.217. The van der Waals surface area contributed by atoms with Crippen molar-refractivity contribution >= 4 is 28.6 Å². The van der Waals surface area contributed by atoms with Gasteiger partial charge in [-0.1, -0.05) is 23.8 Å². The summed E-state index contributed by atoms with van der Waals surface area (Å²) in [4.78, 5) is 42.7. The number of carbonyl (C=O) groups is 3. The molecule has 1 N–H and O–H groups in total. The Morgan fingerprint density at radius 1 is 1.03 bits per heavy atom. The van der Waals surface area contributed by atoms with Gasteiger partial charge in [-0.2, -0.15) is 0 Å². The average molecular weight is 385 g/mol. The fourth-order valence-corrected chi connectivity index (χ4v) is 4.14. The van der Waals surface area contributed by atoms with Gasteiger partial charge in [-0.3, -0.25) is 19.7 Å². The molecule has 0 aliphatic carbocycles. The van der Waals surface area contributed by atoms with Crippen LogP contribution in [-0.4, -0.2) is 33.6 Å². The lowest BCUT2D eigenvalue weighted by Gasteiger charge is -2.29. The molecule has 3 amide bonds. The van der Waals surface area contributed by atoms with Crippen molar-refractivity contribution in [3.8, 4) is 11.3 Å². The lowest BCUT2D eigenvalue weighted by Crippen LogP contribution is -2.52. The minimum Gasteiger partial charge on any atom is -0.322 e. The Morgan fingerprint density at radius 2 is 1.90 bits per heavy atom. The Balaban J connectivity index is 1.46. The summed E-state index contributed by atoms with van der Waals surface area (Å²) in [5, 5.41) is 3.42. The molecule has 2 aromatic carbocycles. The first-order valence-electron chi connectivity index (χ1n) is 9.65. The van der Waals surface area contributed by atoms with Crippen LogP contribution in [0.25, 0.3) is 22.2 Å². The quantitative estimate of drug-likeness (QED) is 0.688. The molecule has 144 valence electrons. The number of rotatable bonds is 2. The zero-order valence-electron chi connectivity index (χ0n) is 15.9. The number of benzene rings is 2. The molecule has 3 aromatic rings. The van der Waals surface area contributed by atoms with Crippen LogP contribution >= 0.6 is 0 Å². The molecule has 0 spiro atoms. The van der Waals surface area contributed by atoms with Gasteiger partial charge < -0.3 is 4.90 Å². The highest BCUT2D eigenvalue weighted by molar-refractivity contribution is 6.05. The van der Waals surface area contributed by atoms with Gasteiger partial charge in [0.1, 0.15) is 6.04 Å². The van der Waals surface area contributed by atoms with E-state index < -0.39 is 11.9 Å². The van der Waals surface area contributed by atoms with E-state index in [1.807, 2.05) is 30.3 Å². The zero-order chi connectivity index (χ0) is 20.1. The predicted octanol–water partition coefficient (Wildman–Crippen LogP) is 2.97. The Labute approximate surface area is 167 Å². The van der Waals surface area contributed by atoms with Crippen LogP contribution in [0.3, 0.4) is 0 Å². The first-order valence-corrected chi connectivity index (χ1v) is 9.65. The molecule has 1 saturated heterocycles. The maximum atomic E-state index is 12.8. The lowest BCUT2D eigenvalue weighted by atomic mass is 10.0. The Kier molecular flexibility index (Phi) is 3.94. The molecule has 2 aliphatic heterocycles. The van der Waals surface area contributed by atoms with Gasteiger partial charge >= 0.3 is 0 Å². The molecule has 0 bridgehead atoms. The van der Waals surface area contributed by atoms with E-state index in [0.29, 0.717) is 18.5 Å². The molecule has 0 radical (unpaired) electrons. The van der Waals surface area contributed by atoms with Crippen LogP contribution in [0.1, 0.15) is 34.3 Å². The Bertz CT molecular complexity index is 1200. The third-order valence-corrected chi connectivity index (χ3v) is 5.66. The van der Waals surface area contributed by atoms with Gasteiger partial charge in [0.25, 0.3) is 5.91 Å². The first-order chi connectivity index (χ1) is 14.0. The summed E-state index contributed by atoms with van der Waals surface area (Å²) in [5.74, 6) is -0.840. The number of piperidine rings is 1. The molecular formula is C23H19N3O3. The largest absolute Gasteiger partial charge is 0.322 e. The molecule has 1 unspecified atom stereocenters. The number of aromatic nitrogens is 1. The summed E-state index contributed by atoms with van der Waals surface area (Å²) < 4.78 is 0. The molecule has 5 rings (SSSR count). The summed E-state index contributed by atoms with van der Waals surface area (Å²) in [6.07, 6.45) is 0.616. The van der Waals surface area contributed by atoms with Crippen molar-refractivity contribution in [3.63, 3.8) is 0 Å². The summed E-state index contributed by atoms with van der Waals surface area (Å²) in [7, 11) is 0. The van der Waals surface area contributed by atoms with E-state index in [1.54, 1.807) is 11.0 Å². The van der Waals surface area contributed by atoms with Crippen molar-refractivity contribution in [1.29, 1.82) is 0 Å². The molecular weight excluding hydrogens is 366 g/mol. The van der Waals surface area contributed by atoms with Crippen molar-refractivity contribution in [1.82, 2.24) is 15.2 Å². The lowest BCUT2D eigenvalue weighted by molar-refractivity contribution is -0.136. The minimum atomic E-state index is -0.599. The molecule has 1 fully saturated rings. The number of imide groups is 1. The van der Waals surface area contributed by atoms with E-state index in [2.05, 4.69) is 24.4 Å². The van der Waals surface area contributed by atoms with Crippen LogP contribution in [0.4, 0.5) is 0 Å². The molecule has 1 atom stereocenters. The topological polar surface area (TPSA) is 79.4 Å².